The summed E-state index contributed by atoms with van der Waals surface area (Å²) in [6.07, 6.45) is 3.31. The van der Waals surface area contributed by atoms with Gasteiger partial charge in [-0.3, -0.25) is 0 Å². The van der Waals surface area contributed by atoms with E-state index in [1.165, 1.54) is 0 Å². The lowest BCUT2D eigenvalue weighted by molar-refractivity contribution is -0.363. The van der Waals surface area contributed by atoms with Crippen LogP contribution in [0.3, 0.4) is 0 Å². The molecular formula is C36H48O8. The molecule has 8 heteroatoms. The van der Waals surface area contributed by atoms with Crippen molar-refractivity contribution in [1.29, 1.82) is 0 Å². The van der Waals surface area contributed by atoms with Crippen molar-refractivity contribution < 1.29 is 37.9 Å². The van der Waals surface area contributed by atoms with E-state index in [4.69, 9.17) is 37.9 Å². The molecule has 5 aliphatic rings. The van der Waals surface area contributed by atoms with Gasteiger partial charge < -0.3 is 37.9 Å². The third kappa shape index (κ3) is 6.51. The van der Waals surface area contributed by atoms with Crippen molar-refractivity contribution in [3.8, 4) is 0 Å². The molecule has 7 rings (SSSR count). The fourth-order valence-corrected chi connectivity index (χ4v) is 7.84. The normalized spacial score (nSPS) is 41.4. The molecule has 0 saturated carbocycles. The summed E-state index contributed by atoms with van der Waals surface area (Å²) in [6, 6.07) is 20.5. The quantitative estimate of drug-likeness (QED) is 0.394. The van der Waals surface area contributed by atoms with Crippen molar-refractivity contribution in [1.82, 2.24) is 0 Å². The van der Waals surface area contributed by atoms with Gasteiger partial charge in [-0.05, 0) is 51.7 Å². The SMILES string of the molecule is CC1(C)OC[C@@]2(C)O[C@@]3(C)C[C@H]4O[C@H]5C[C@@H](OCc6ccccc6)[C@H](COCc6ccccc6)O[C@@H]5C[C@@H]4O[C@@H]3CC[C@@H]2O1. The minimum atomic E-state index is -0.616. The summed E-state index contributed by atoms with van der Waals surface area (Å²) < 4.78 is 52.5. The topological polar surface area (TPSA) is 73.8 Å². The second kappa shape index (κ2) is 12.4. The van der Waals surface area contributed by atoms with E-state index in [2.05, 4.69) is 38.1 Å². The molecule has 0 aliphatic carbocycles. The predicted molar refractivity (Wildman–Crippen MR) is 163 cm³/mol. The average molecular weight is 609 g/mol. The highest BCUT2D eigenvalue weighted by Gasteiger charge is 2.59. The Kier molecular flexibility index (Phi) is 8.65. The molecule has 2 aromatic rings. The maximum atomic E-state index is 6.95. The van der Waals surface area contributed by atoms with Gasteiger partial charge in [-0.25, -0.2) is 0 Å². The monoisotopic (exact) mass is 608 g/mol. The van der Waals surface area contributed by atoms with Crippen molar-refractivity contribution in [3.63, 3.8) is 0 Å². The van der Waals surface area contributed by atoms with Crippen molar-refractivity contribution in [2.75, 3.05) is 13.2 Å². The fraction of sp³-hybridized carbons (Fsp3) is 0.667. The average Bonchev–Trinajstić information content (AvgIpc) is 3.11. The van der Waals surface area contributed by atoms with E-state index < -0.39 is 17.0 Å². The van der Waals surface area contributed by atoms with E-state index in [1.54, 1.807) is 0 Å². The van der Waals surface area contributed by atoms with E-state index in [9.17, 15) is 0 Å². The van der Waals surface area contributed by atoms with Gasteiger partial charge >= 0.3 is 0 Å². The van der Waals surface area contributed by atoms with Crippen molar-refractivity contribution in [3.05, 3.63) is 71.8 Å². The van der Waals surface area contributed by atoms with Gasteiger partial charge in [0.05, 0.1) is 74.8 Å². The zero-order chi connectivity index (χ0) is 30.4. The minimum absolute atomic E-state index is 0.0476. The summed E-state index contributed by atoms with van der Waals surface area (Å²) in [5.74, 6) is -0.616. The molecule has 44 heavy (non-hydrogen) atoms. The van der Waals surface area contributed by atoms with Crippen molar-refractivity contribution in [2.24, 2.45) is 0 Å². The Labute approximate surface area is 261 Å². The zero-order valence-electron chi connectivity index (χ0n) is 26.5. The second-order valence-electron chi connectivity index (χ2n) is 14.2. The van der Waals surface area contributed by atoms with Gasteiger partial charge in [0.15, 0.2) is 5.79 Å². The summed E-state index contributed by atoms with van der Waals surface area (Å²) >= 11 is 0. The molecule has 0 radical (unpaired) electrons. The first kappa shape index (κ1) is 30.8. The number of hydrogen-bond donors (Lipinski definition) is 0. The molecule has 0 bridgehead atoms. The largest absolute Gasteiger partial charge is 0.374 e. The predicted octanol–water partition coefficient (Wildman–Crippen LogP) is 5.74. The van der Waals surface area contributed by atoms with Crippen LogP contribution in [0, 0.1) is 0 Å². The highest BCUT2D eigenvalue weighted by Crippen LogP contribution is 2.49. The zero-order valence-corrected chi connectivity index (χ0v) is 26.5. The number of fused-ring (bicyclic) bond motifs is 4. The first-order valence-corrected chi connectivity index (χ1v) is 16.4. The van der Waals surface area contributed by atoms with Crippen LogP contribution in [0.2, 0.25) is 0 Å². The Hall–Kier alpha value is -1.88. The maximum absolute atomic E-state index is 6.95. The molecular weight excluding hydrogens is 560 g/mol. The van der Waals surface area contributed by atoms with Gasteiger partial charge in [-0.15, -0.1) is 0 Å². The van der Waals surface area contributed by atoms with Crippen LogP contribution in [-0.2, 0) is 51.1 Å². The van der Waals surface area contributed by atoms with E-state index in [1.807, 2.05) is 50.2 Å². The van der Waals surface area contributed by atoms with E-state index >= 15 is 0 Å². The van der Waals surface area contributed by atoms with Crippen molar-refractivity contribution in [2.45, 2.75) is 139 Å². The smallest absolute Gasteiger partial charge is 0.163 e. The third-order valence-electron chi connectivity index (χ3n) is 10.2. The first-order valence-electron chi connectivity index (χ1n) is 16.4. The van der Waals surface area contributed by atoms with E-state index in [0.717, 1.165) is 43.2 Å². The van der Waals surface area contributed by atoms with Crippen LogP contribution in [0.5, 0.6) is 0 Å². The minimum Gasteiger partial charge on any atom is -0.374 e. The summed E-state index contributed by atoms with van der Waals surface area (Å²) in [5, 5.41) is 0. The number of hydrogen-bond acceptors (Lipinski definition) is 8. The molecule has 8 nitrogen and oxygen atoms in total. The maximum Gasteiger partial charge on any atom is 0.163 e. The highest BCUT2D eigenvalue weighted by atomic mass is 16.7. The summed E-state index contributed by atoms with van der Waals surface area (Å²) in [7, 11) is 0. The Bertz CT molecular complexity index is 1240. The third-order valence-corrected chi connectivity index (χ3v) is 10.2. The Morgan fingerprint density at radius 1 is 0.705 bits per heavy atom. The Balaban J connectivity index is 1.04. The Morgan fingerprint density at radius 2 is 1.36 bits per heavy atom. The Morgan fingerprint density at radius 3 is 2.11 bits per heavy atom. The molecule has 0 amide bonds. The van der Waals surface area contributed by atoms with Crippen LogP contribution in [0.4, 0.5) is 0 Å². The lowest BCUT2D eigenvalue weighted by atomic mass is 9.80. The van der Waals surface area contributed by atoms with Gasteiger partial charge in [0, 0.05) is 19.3 Å². The number of rotatable bonds is 7. The summed E-state index contributed by atoms with van der Waals surface area (Å²) in [4.78, 5) is 0. The molecule has 0 N–H and O–H groups in total. The lowest BCUT2D eigenvalue weighted by Crippen LogP contribution is -2.65. The standard InChI is InChI=1S/C36H48O8/c1-34(2)39-23-36(4)33(43-34)16-15-32-35(3,44-36)19-30-29(42-32)18-28-27(40-30)17-26(38-21-25-13-9-6-10-14-25)31(41-28)22-37-20-24-11-7-5-8-12-24/h5-14,26-33H,15-23H2,1-4H3/t26-,27+,28-,29+,30-,31+,32-,33+,35+,36-/m1/s1. The molecule has 0 aromatic heterocycles. The fourth-order valence-electron chi connectivity index (χ4n) is 7.84. The van der Waals surface area contributed by atoms with Crippen LogP contribution in [0.25, 0.3) is 0 Å². The van der Waals surface area contributed by atoms with Gasteiger partial charge in [0.25, 0.3) is 0 Å². The highest BCUT2D eigenvalue weighted by molar-refractivity contribution is 5.14. The van der Waals surface area contributed by atoms with Crippen LogP contribution in [-0.4, -0.2) is 79.0 Å². The van der Waals surface area contributed by atoms with Gasteiger partial charge in [-0.1, -0.05) is 60.7 Å². The van der Waals surface area contributed by atoms with Crippen LogP contribution < -0.4 is 0 Å². The first-order chi connectivity index (χ1) is 21.2. The molecule has 5 aliphatic heterocycles. The summed E-state index contributed by atoms with van der Waals surface area (Å²) in [5.41, 5.74) is 1.24. The van der Waals surface area contributed by atoms with Crippen LogP contribution in [0.1, 0.15) is 70.9 Å². The van der Waals surface area contributed by atoms with Gasteiger partial charge in [-0.2, -0.15) is 0 Å². The molecule has 0 unspecified atom stereocenters. The molecule has 5 heterocycles. The van der Waals surface area contributed by atoms with Crippen molar-refractivity contribution >= 4 is 0 Å². The lowest BCUT2D eigenvalue weighted by Gasteiger charge is -2.55. The molecule has 240 valence electrons. The van der Waals surface area contributed by atoms with E-state index in [0.29, 0.717) is 26.4 Å². The molecule has 5 fully saturated rings. The van der Waals surface area contributed by atoms with Gasteiger partial charge in [0.2, 0.25) is 0 Å². The molecule has 10 atom stereocenters. The number of ether oxygens (including phenoxy) is 8. The van der Waals surface area contributed by atoms with E-state index in [-0.39, 0.29) is 48.8 Å². The van der Waals surface area contributed by atoms with Gasteiger partial charge in [0.1, 0.15) is 11.7 Å². The summed E-state index contributed by atoms with van der Waals surface area (Å²) in [6.45, 7) is 10.3. The van der Waals surface area contributed by atoms with Crippen LogP contribution >= 0.6 is 0 Å². The second-order valence-corrected chi connectivity index (χ2v) is 14.2. The van der Waals surface area contributed by atoms with Crippen LogP contribution in [0.15, 0.2) is 60.7 Å². The molecule has 0 spiro atoms. The number of benzene rings is 2. The molecule has 5 saturated heterocycles. The molecule has 2 aromatic carbocycles.